The van der Waals surface area contributed by atoms with Crippen molar-refractivity contribution in [2.45, 2.75) is 57.7 Å². The molecule has 0 aliphatic carbocycles. The minimum atomic E-state index is -0.272. The summed E-state index contributed by atoms with van der Waals surface area (Å²) in [6, 6.07) is 3.57. The largest absolute Gasteiger partial charge is 0.496 e. The van der Waals surface area contributed by atoms with Crippen LogP contribution in [0.1, 0.15) is 49.9 Å². The van der Waals surface area contributed by atoms with Crippen LogP contribution in [0.4, 0.5) is 5.69 Å². The smallest absolute Gasteiger partial charge is 0.320 e. The number of nitrogens with one attached hydrogen (secondary N) is 2. The molecule has 1 aromatic carbocycles. The van der Waals surface area contributed by atoms with Crippen LogP contribution in [0.5, 0.6) is 5.75 Å². The number of piperidine rings is 1. The Balaban J connectivity index is 1.67. The summed E-state index contributed by atoms with van der Waals surface area (Å²) in [5, 5.41) is 5.97. The number of amides is 2. The third kappa shape index (κ3) is 5.05. The monoisotopic (exact) mass is 437 g/mol. The average Bonchev–Trinajstić information content (AvgIpc) is 2.91. The summed E-state index contributed by atoms with van der Waals surface area (Å²) >= 11 is 6.24. The first-order chi connectivity index (χ1) is 14.3. The predicted octanol–water partition coefficient (Wildman–Crippen LogP) is 2.60. The fourth-order valence-electron chi connectivity index (χ4n) is 4.45. The number of benzene rings is 1. The number of fused-ring (bicyclic) bond motifs is 2. The first-order valence-corrected chi connectivity index (χ1v) is 10.6. The van der Waals surface area contributed by atoms with Crippen molar-refractivity contribution < 1.29 is 23.9 Å². The van der Waals surface area contributed by atoms with E-state index in [1.807, 2.05) is 0 Å². The maximum Gasteiger partial charge on any atom is 0.320 e. The predicted molar refractivity (Wildman–Crippen MR) is 113 cm³/mol. The van der Waals surface area contributed by atoms with Crippen molar-refractivity contribution in [2.75, 3.05) is 25.6 Å². The number of methoxy groups -OCH3 is 1. The van der Waals surface area contributed by atoms with Gasteiger partial charge < -0.3 is 20.1 Å². The van der Waals surface area contributed by atoms with Gasteiger partial charge in [-0.2, -0.15) is 0 Å². The second kappa shape index (κ2) is 9.66. The zero-order valence-electron chi connectivity index (χ0n) is 17.5. The van der Waals surface area contributed by atoms with E-state index in [2.05, 4.69) is 15.5 Å². The molecular formula is C21H28ClN3O5. The molecule has 2 N–H and O–H groups in total. The van der Waals surface area contributed by atoms with E-state index in [1.54, 1.807) is 13.0 Å². The molecule has 2 aliphatic heterocycles. The highest BCUT2D eigenvalue weighted by Crippen LogP contribution is 2.36. The Labute approximate surface area is 181 Å². The van der Waals surface area contributed by atoms with Crippen LogP contribution in [0.2, 0.25) is 5.02 Å². The number of hydrogen-bond acceptors (Lipinski definition) is 6. The van der Waals surface area contributed by atoms with Crippen LogP contribution >= 0.6 is 11.6 Å². The average molecular weight is 438 g/mol. The van der Waals surface area contributed by atoms with Gasteiger partial charge in [0.25, 0.3) is 5.91 Å². The van der Waals surface area contributed by atoms with E-state index in [-0.39, 0.29) is 40.9 Å². The van der Waals surface area contributed by atoms with Gasteiger partial charge in [0.1, 0.15) is 5.75 Å². The Bertz CT molecular complexity index is 817. The Morgan fingerprint density at radius 1 is 1.20 bits per heavy atom. The summed E-state index contributed by atoms with van der Waals surface area (Å²) in [4.78, 5) is 38.3. The molecule has 2 aliphatic rings. The molecule has 2 bridgehead atoms. The third-order valence-electron chi connectivity index (χ3n) is 5.68. The molecule has 2 heterocycles. The van der Waals surface area contributed by atoms with Crippen molar-refractivity contribution >= 4 is 35.1 Å². The normalized spacial score (nSPS) is 23.0. The van der Waals surface area contributed by atoms with Crippen molar-refractivity contribution in [2.24, 2.45) is 0 Å². The summed E-state index contributed by atoms with van der Waals surface area (Å²) < 4.78 is 10.4. The second-order valence-corrected chi connectivity index (χ2v) is 8.12. The number of esters is 1. The zero-order chi connectivity index (χ0) is 21.8. The summed E-state index contributed by atoms with van der Waals surface area (Å²) in [5.74, 6) is -0.397. The highest BCUT2D eigenvalue weighted by atomic mass is 35.5. The first-order valence-electron chi connectivity index (χ1n) is 10.2. The van der Waals surface area contributed by atoms with Gasteiger partial charge in [-0.15, -0.1) is 0 Å². The Hall–Kier alpha value is -2.32. The molecule has 164 valence electrons. The minimum absolute atomic E-state index is 0.00643. The van der Waals surface area contributed by atoms with Crippen LogP contribution in [0.3, 0.4) is 0 Å². The molecule has 0 spiro atoms. The lowest BCUT2D eigenvalue weighted by atomic mass is 9.96. The number of halogens is 1. The standard InChI is InChI=1S/C21H28ClN3O5/c1-4-30-20(27)11-25-14-5-6-15(25)8-13(7-14)24-21(28)16-9-17(22)18(23-12(2)26)10-19(16)29-3/h9-10,13-15H,4-8,11H2,1-3H3,(H,23,26)(H,24,28). The third-order valence-corrected chi connectivity index (χ3v) is 5.99. The van der Waals surface area contributed by atoms with Crippen molar-refractivity contribution in [3.8, 4) is 5.75 Å². The molecule has 0 radical (unpaired) electrons. The number of ether oxygens (including phenoxy) is 2. The van der Waals surface area contributed by atoms with Gasteiger partial charge in [-0.1, -0.05) is 11.6 Å². The van der Waals surface area contributed by atoms with E-state index in [0.717, 1.165) is 25.7 Å². The van der Waals surface area contributed by atoms with Crippen LogP contribution in [-0.2, 0) is 14.3 Å². The molecule has 3 rings (SSSR count). The van der Waals surface area contributed by atoms with Gasteiger partial charge in [0.05, 0.1) is 36.5 Å². The fraction of sp³-hybridized carbons (Fsp3) is 0.571. The van der Waals surface area contributed by atoms with Crippen molar-refractivity contribution in [1.29, 1.82) is 0 Å². The number of anilines is 1. The molecule has 2 saturated heterocycles. The minimum Gasteiger partial charge on any atom is -0.496 e. The van der Waals surface area contributed by atoms with Crippen molar-refractivity contribution in [3.05, 3.63) is 22.7 Å². The van der Waals surface area contributed by atoms with E-state index in [4.69, 9.17) is 21.1 Å². The van der Waals surface area contributed by atoms with Crippen LogP contribution in [0, 0.1) is 0 Å². The van der Waals surface area contributed by atoms with Gasteiger partial charge in [-0.05, 0) is 38.7 Å². The quantitative estimate of drug-likeness (QED) is 0.636. The molecule has 1 aromatic rings. The molecule has 30 heavy (non-hydrogen) atoms. The van der Waals surface area contributed by atoms with Gasteiger partial charge in [-0.3, -0.25) is 19.3 Å². The highest BCUT2D eigenvalue weighted by Gasteiger charge is 2.42. The maximum absolute atomic E-state index is 12.9. The molecule has 2 amide bonds. The topological polar surface area (TPSA) is 97.0 Å². The fourth-order valence-corrected chi connectivity index (χ4v) is 4.67. The van der Waals surface area contributed by atoms with Gasteiger partial charge in [0.2, 0.25) is 5.91 Å². The summed E-state index contributed by atoms with van der Waals surface area (Å²) in [7, 11) is 1.46. The first kappa shape index (κ1) is 22.4. The van der Waals surface area contributed by atoms with Gasteiger partial charge in [-0.25, -0.2) is 0 Å². The highest BCUT2D eigenvalue weighted by molar-refractivity contribution is 6.34. The molecule has 2 unspecified atom stereocenters. The summed E-state index contributed by atoms with van der Waals surface area (Å²) in [6.45, 7) is 3.87. The van der Waals surface area contributed by atoms with E-state index in [0.29, 0.717) is 30.2 Å². The van der Waals surface area contributed by atoms with E-state index in [1.165, 1.54) is 20.1 Å². The summed E-state index contributed by atoms with van der Waals surface area (Å²) in [6.07, 6.45) is 3.58. The van der Waals surface area contributed by atoms with E-state index >= 15 is 0 Å². The maximum atomic E-state index is 12.9. The second-order valence-electron chi connectivity index (χ2n) is 7.72. The summed E-state index contributed by atoms with van der Waals surface area (Å²) in [5.41, 5.74) is 0.709. The molecule has 2 atom stereocenters. The van der Waals surface area contributed by atoms with E-state index in [9.17, 15) is 14.4 Å². The Morgan fingerprint density at radius 3 is 2.43 bits per heavy atom. The SMILES string of the molecule is CCOC(=O)CN1C2CCC1CC(NC(=O)c1cc(Cl)c(NC(C)=O)cc1OC)C2. The van der Waals surface area contributed by atoms with Crippen LogP contribution < -0.4 is 15.4 Å². The lowest BCUT2D eigenvalue weighted by molar-refractivity contribution is -0.145. The Morgan fingerprint density at radius 2 is 1.87 bits per heavy atom. The van der Waals surface area contributed by atoms with Gasteiger partial charge in [0.15, 0.2) is 0 Å². The van der Waals surface area contributed by atoms with E-state index < -0.39 is 0 Å². The van der Waals surface area contributed by atoms with Crippen LogP contribution in [0.25, 0.3) is 0 Å². The number of carbonyl (C=O) groups is 3. The molecule has 0 saturated carbocycles. The van der Waals surface area contributed by atoms with Gasteiger partial charge >= 0.3 is 5.97 Å². The number of hydrogen-bond donors (Lipinski definition) is 2. The molecular weight excluding hydrogens is 410 g/mol. The zero-order valence-corrected chi connectivity index (χ0v) is 18.3. The molecule has 9 heteroatoms. The Kier molecular flexibility index (Phi) is 7.20. The van der Waals surface area contributed by atoms with Crippen LogP contribution in [0.15, 0.2) is 12.1 Å². The number of carbonyl (C=O) groups excluding carboxylic acids is 3. The van der Waals surface area contributed by atoms with Crippen molar-refractivity contribution in [1.82, 2.24) is 10.2 Å². The molecule has 0 aromatic heterocycles. The lowest BCUT2D eigenvalue weighted by Crippen LogP contribution is -2.51. The molecule has 2 fully saturated rings. The van der Waals surface area contributed by atoms with Crippen molar-refractivity contribution in [3.63, 3.8) is 0 Å². The van der Waals surface area contributed by atoms with Gasteiger partial charge in [0, 0.05) is 31.1 Å². The lowest BCUT2D eigenvalue weighted by Gasteiger charge is -2.38. The number of rotatable bonds is 7. The van der Waals surface area contributed by atoms with Crippen LogP contribution in [-0.4, -0.2) is 61.1 Å². The molecule has 8 nitrogen and oxygen atoms in total. The number of nitrogens with zero attached hydrogens (tertiary/aromatic N) is 1.